The van der Waals surface area contributed by atoms with Gasteiger partial charge in [0.2, 0.25) is 0 Å². The maximum Gasteiger partial charge on any atom is 0.119 e. The van der Waals surface area contributed by atoms with Gasteiger partial charge in [-0.15, -0.1) is 0 Å². The molecule has 0 bridgehead atoms. The van der Waals surface area contributed by atoms with Crippen molar-refractivity contribution >= 4 is 0 Å². The first-order valence-corrected chi connectivity index (χ1v) is 5.46. The summed E-state index contributed by atoms with van der Waals surface area (Å²) in [5, 5.41) is 0. The van der Waals surface area contributed by atoms with Gasteiger partial charge in [0.05, 0.1) is 0 Å². The van der Waals surface area contributed by atoms with Gasteiger partial charge in [0.1, 0.15) is 12.4 Å². The highest BCUT2D eigenvalue weighted by atomic mass is 16.5. The van der Waals surface area contributed by atoms with Crippen LogP contribution >= 0.6 is 0 Å². The quantitative estimate of drug-likeness (QED) is 0.805. The molecular formula is C13H21NO. The number of benzene rings is 1. The van der Waals surface area contributed by atoms with Crippen LogP contribution in [0.2, 0.25) is 0 Å². The zero-order valence-electron chi connectivity index (χ0n) is 9.86. The van der Waals surface area contributed by atoms with E-state index in [1.807, 2.05) is 37.3 Å². The van der Waals surface area contributed by atoms with E-state index in [9.17, 15) is 0 Å². The molecule has 0 fully saturated rings. The second-order valence-corrected chi connectivity index (χ2v) is 4.85. The van der Waals surface area contributed by atoms with Gasteiger partial charge in [-0.05, 0) is 31.4 Å². The molecule has 0 saturated heterocycles. The van der Waals surface area contributed by atoms with Crippen molar-refractivity contribution in [1.82, 2.24) is 0 Å². The summed E-state index contributed by atoms with van der Waals surface area (Å²) in [7, 11) is 0. The second-order valence-electron chi connectivity index (χ2n) is 4.85. The standard InChI is InChI=1S/C13H21NO/c1-11(2)9-13(3,14)10-15-12-7-5-4-6-8-12/h4-8,11H,9-10,14H2,1-3H3. The first-order valence-electron chi connectivity index (χ1n) is 5.46. The van der Waals surface area contributed by atoms with E-state index in [4.69, 9.17) is 10.5 Å². The largest absolute Gasteiger partial charge is 0.492 e. The Morgan fingerprint density at radius 3 is 2.40 bits per heavy atom. The molecule has 0 aliphatic rings. The van der Waals surface area contributed by atoms with E-state index in [0.29, 0.717) is 12.5 Å². The topological polar surface area (TPSA) is 35.2 Å². The van der Waals surface area contributed by atoms with E-state index in [1.165, 1.54) is 0 Å². The van der Waals surface area contributed by atoms with Crippen LogP contribution in [0.3, 0.4) is 0 Å². The molecule has 2 nitrogen and oxygen atoms in total. The first-order chi connectivity index (χ1) is 6.99. The van der Waals surface area contributed by atoms with E-state index in [1.54, 1.807) is 0 Å². The summed E-state index contributed by atoms with van der Waals surface area (Å²) in [5.41, 5.74) is 5.89. The van der Waals surface area contributed by atoms with Crippen molar-refractivity contribution in [3.8, 4) is 5.75 Å². The molecular weight excluding hydrogens is 186 g/mol. The fourth-order valence-electron chi connectivity index (χ4n) is 1.76. The fraction of sp³-hybridized carbons (Fsp3) is 0.538. The van der Waals surface area contributed by atoms with Gasteiger partial charge < -0.3 is 10.5 Å². The molecule has 0 saturated carbocycles. The van der Waals surface area contributed by atoms with Crippen LogP contribution < -0.4 is 10.5 Å². The minimum atomic E-state index is -0.246. The Morgan fingerprint density at radius 1 is 1.27 bits per heavy atom. The van der Waals surface area contributed by atoms with Gasteiger partial charge in [-0.2, -0.15) is 0 Å². The van der Waals surface area contributed by atoms with E-state index in [-0.39, 0.29) is 5.54 Å². The molecule has 2 N–H and O–H groups in total. The molecule has 2 heteroatoms. The fourth-order valence-corrected chi connectivity index (χ4v) is 1.76. The summed E-state index contributed by atoms with van der Waals surface area (Å²) in [5.74, 6) is 1.48. The van der Waals surface area contributed by atoms with Crippen LogP contribution in [0, 0.1) is 5.92 Å². The summed E-state index contributed by atoms with van der Waals surface area (Å²) in [4.78, 5) is 0. The van der Waals surface area contributed by atoms with Crippen LogP contribution in [0.25, 0.3) is 0 Å². The van der Waals surface area contributed by atoms with E-state index in [0.717, 1.165) is 12.2 Å². The smallest absolute Gasteiger partial charge is 0.119 e. The molecule has 1 unspecified atom stereocenters. The number of hydrogen-bond acceptors (Lipinski definition) is 2. The number of hydrogen-bond donors (Lipinski definition) is 1. The van der Waals surface area contributed by atoms with E-state index in [2.05, 4.69) is 13.8 Å². The Balaban J connectivity index is 2.42. The third-order valence-corrected chi connectivity index (χ3v) is 2.19. The molecule has 1 rings (SSSR count). The van der Waals surface area contributed by atoms with Crippen LogP contribution in [0.4, 0.5) is 0 Å². The molecule has 0 aromatic heterocycles. The third kappa shape index (κ3) is 4.84. The molecule has 0 radical (unpaired) electrons. The van der Waals surface area contributed by atoms with Crippen molar-refractivity contribution in [2.24, 2.45) is 11.7 Å². The zero-order valence-corrected chi connectivity index (χ0v) is 9.86. The van der Waals surface area contributed by atoms with Crippen LogP contribution in [0.5, 0.6) is 5.75 Å². The molecule has 0 spiro atoms. The van der Waals surface area contributed by atoms with Gasteiger partial charge in [-0.3, -0.25) is 0 Å². The number of para-hydroxylation sites is 1. The van der Waals surface area contributed by atoms with Crippen LogP contribution in [-0.2, 0) is 0 Å². The number of rotatable bonds is 5. The first kappa shape index (κ1) is 12.1. The van der Waals surface area contributed by atoms with Crippen LogP contribution in [0.15, 0.2) is 30.3 Å². The van der Waals surface area contributed by atoms with Gasteiger partial charge >= 0.3 is 0 Å². The monoisotopic (exact) mass is 207 g/mol. The van der Waals surface area contributed by atoms with Crippen molar-refractivity contribution in [3.05, 3.63) is 30.3 Å². The molecule has 0 amide bonds. The summed E-state index contributed by atoms with van der Waals surface area (Å²) >= 11 is 0. The predicted molar refractivity (Wildman–Crippen MR) is 64.0 cm³/mol. The lowest BCUT2D eigenvalue weighted by molar-refractivity contribution is 0.207. The average molecular weight is 207 g/mol. The third-order valence-electron chi connectivity index (χ3n) is 2.19. The number of nitrogens with two attached hydrogens (primary N) is 1. The molecule has 0 aliphatic heterocycles. The van der Waals surface area contributed by atoms with Crippen LogP contribution in [-0.4, -0.2) is 12.1 Å². The molecule has 0 heterocycles. The molecule has 0 aliphatic carbocycles. The molecule has 1 aromatic carbocycles. The molecule has 15 heavy (non-hydrogen) atoms. The lowest BCUT2D eigenvalue weighted by Crippen LogP contribution is -2.43. The van der Waals surface area contributed by atoms with E-state index >= 15 is 0 Å². The van der Waals surface area contributed by atoms with Gasteiger partial charge in [0, 0.05) is 5.54 Å². The van der Waals surface area contributed by atoms with Crippen molar-refractivity contribution in [1.29, 1.82) is 0 Å². The second kappa shape index (κ2) is 5.17. The van der Waals surface area contributed by atoms with Gasteiger partial charge in [-0.1, -0.05) is 32.0 Å². The number of ether oxygens (including phenoxy) is 1. The Bertz CT molecular complexity index is 280. The summed E-state index contributed by atoms with van der Waals surface area (Å²) in [6, 6.07) is 9.80. The Labute approximate surface area is 92.4 Å². The van der Waals surface area contributed by atoms with Crippen LogP contribution in [0.1, 0.15) is 27.2 Å². The Hall–Kier alpha value is -1.02. The Morgan fingerprint density at radius 2 is 1.87 bits per heavy atom. The molecule has 84 valence electrons. The molecule has 1 atom stereocenters. The molecule has 1 aromatic rings. The van der Waals surface area contributed by atoms with Gasteiger partial charge in [-0.25, -0.2) is 0 Å². The normalized spacial score (nSPS) is 15.0. The van der Waals surface area contributed by atoms with Crippen molar-refractivity contribution < 1.29 is 4.74 Å². The predicted octanol–water partition coefficient (Wildman–Crippen LogP) is 2.83. The highest BCUT2D eigenvalue weighted by Gasteiger charge is 2.20. The highest BCUT2D eigenvalue weighted by Crippen LogP contribution is 2.16. The maximum atomic E-state index is 6.14. The SMILES string of the molecule is CC(C)CC(C)(N)COc1ccccc1. The van der Waals surface area contributed by atoms with Gasteiger partial charge in [0.15, 0.2) is 0 Å². The van der Waals surface area contributed by atoms with Crippen molar-refractivity contribution in [2.75, 3.05) is 6.61 Å². The highest BCUT2D eigenvalue weighted by molar-refractivity contribution is 5.21. The maximum absolute atomic E-state index is 6.14. The summed E-state index contributed by atoms with van der Waals surface area (Å²) < 4.78 is 5.65. The lowest BCUT2D eigenvalue weighted by Gasteiger charge is -2.26. The minimum absolute atomic E-state index is 0.246. The average Bonchev–Trinajstić information content (AvgIpc) is 2.15. The van der Waals surface area contributed by atoms with Gasteiger partial charge in [0.25, 0.3) is 0 Å². The van der Waals surface area contributed by atoms with Crippen molar-refractivity contribution in [3.63, 3.8) is 0 Å². The summed E-state index contributed by atoms with van der Waals surface area (Å²) in [6.07, 6.45) is 0.972. The van der Waals surface area contributed by atoms with E-state index < -0.39 is 0 Å². The minimum Gasteiger partial charge on any atom is -0.492 e. The lowest BCUT2D eigenvalue weighted by atomic mass is 9.93. The zero-order chi connectivity index (χ0) is 11.3. The Kier molecular flexibility index (Phi) is 4.15. The summed E-state index contributed by atoms with van der Waals surface area (Å²) in [6.45, 7) is 6.95. The van der Waals surface area contributed by atoms with Crippen molar-refractivity contribution in [2.45, 2.75) is 32.7 Å².